The Bertz CT molecular complexity index is 468. The van der Waals surface area contributed by atoms with Crippen LogP contribution in [0.1, 0.15) is 33.2 Å². The molecule has 0 aliphatic heterocycles. The first kappa shape index (κ1) is 15.0. The summed E-state index contributed by atoms with van der Waals surface area (Å²) >= 11 is 3.23. The van der Waals surface area contributed by atoms with Crippen molar-refractivity contribution in [3.05, 3.63) is 33.2 Å². The van der Waals surface area contributed by atoms with Crippen molar-refractivity contribution < 1.29 is 9.53 Å². The van der Waals surface area contributed by atoms with Gasteiger partial charge in [0.1, 0.15) is 6.04 Å². The summed E-state index contributed by atoms with van der Waals surface area (Å²) in [7, 11) is 0. The number of nitrogens with zero attached hydrogens (tertiary/aromatic N) is 1. The number of hydrogen-bond acceptors (Lipinski definition) is 3. The van der Waals surface area contributed by atoms with Gasteiger partial charge in [-0.15, -0.1) is 0 Å². The number of hydrogen-bond donors (Lipinski definition) is 0. The van der Waals surface area contributed by atoms with Gasteiger partial charge < -0.3 is 9.30 Å². The highest BCUT2D eigenvalue weighted by molar-refractivity contribution is 9.10. The van der Waals surface area contributed by atoms with E-state index in [1.54, 1.807) is 19.2 Å². The van der Waals surface area contributed by atoms with Gasteiger partial charge in [-0.3, -0.25) is 4.79 Å². The van der Waals surface area contributed by atoms with Gasteiger partial charge in [0.2, 0.25) is 0 Å². The summed E-state index contributed by atoms with van der Waals surface area (Å²) in [5, 5.41) is 0. The SMILES string of the molecule is CCOC(=O)C(CC(C)C)n1ccc(Br)cc1=O. The molecular formula is C13H18BrNO3. The largest absolute Gasteiger partial charge is 0.464 e. The van der Waals surface area contributed by atoms with E-state index in [0.717, 1.165) is 0 Å². The first-order valence-corrected chi connectivity index (χ1v) is 6.79. The highest BCUT2D eigenvalue weighted by Crippen LogP contribution is 2.18. The molecule has 1 aromatic heterocycles. The summed E-state index contributed by atoms with van der Waals surface area (Å²) in [6.45, 7) is 6.10. The second-order valence-corrected chi connectivity index (χ2v) is 5.40. The molecule has 0 spiro atoms. The first-order valence-electron chi connectivity index (χ1n) is 6.00. The minimum atomic E-state index is -0.550. The monoisotopic (exact) mass is 315 g/mol. The second kappa shape index (κ2) is 6.73. The van der Waals surface area contributed by atoms with Gasteiger partial charge in [-0.25, -0.2) is 4.79 Å². The van der Waals surface area contributed by atoms with Crippen LogP contribution in [0.3, 0.4) is 0 Å². The zero-order chi connectivity index (χ0) is 13.7. The highest BCUT2D eigenvalue weighted by Gasteiger charge is 2.23. The summed E-state index contributed by atoms with van der Waals surface area (Å²) in [4.78, 5) is 23.8. The Kier molecular flexibility index (Phi) is 5.59. The van der Waals surface area contributed by atoms with Gasteiger partial charge in [0.25, 0.3) is 5.56 Å². The average molecular weight is 316 g/mol. The van der Waals surface area contributed by atoms with Crippen molar-refractivity contribution in [3.63, 3.8) is 0 Å². The highest BCUT2D eigenvalue weighted by atomic mass is 79.9. The molecular weight excluding hydrogens is 298 g/mol. The molecule has 100 valence electrons. The lowest BCUT2D eigenvalue weighted by Crippen LogP contribution is -2.31. The van der Waals surface area contributed by atoms with E-state index in [2.05, 4.69) is 15.9 Å². The fourth-order valence-electron chi connectivity index (χ4n) is 1.73. The lowest BCUT2D eigenvalue weighted by Gasteiger charge is -2.19. The third-order valence-corrected chi connectivity index (χ3v) is 2.99. The Hall–Kier alpha value is -1.10. The van der Waals surface area contributed by atoms with Gasteiger partial charge in [-0.1, -0.05) is 29.8 Å². The molecule has 0 radical (unpaired) electrons. The van der Waals surface area contributed by atoms with Gasteiger partial charge in [0.05, 0.1) is 6.61 Å². The number of rotatable bonds is 5. The van der Waals surface area contributed by atoms with Crippen molar-refractivity contribution in [2.75, 3.05) is 6.61 Å². The first-order chi connectivity index (χ1) is 8.45. The molecule has 1 rings (SSSR count). The Morgan fingerprint density at radius 1 is 1.50 bits per heavy atom. The van der Waals surface area contributed by atoms with Crippen molar-refractivity contribution in [2.45, 2.75) is 33.2 Å². The number of aromatic nitrogens is 1. The number of esters is 1. The number of halogens is 1. The molecule has 1 heterocycles. The molecule has 0 aliphatic rings. The fraction of sp³-hybridized carbons (Fsp3) is 0.538. The second-order valence-electron chi connectivity index (χ2n) is 4.49. The van der Waals surface area contributed by atoms with Crippen LogP contribution in [0.2, 0.25) is 0 Å². The number of carbonyl (C=O) groups is 1. The van der Waals surface area contributed by atoms with Crippen LogP contribution in [0.5, 0.6) is 0 Å². The molecule has 0 aromatic carbocycles. The molecule has 4 nitrogen and oxygen atoms in total. The Labute approximate surface area is 115 Å². The van der Waals surface area contributed by atoms with Gasteiger partial charge in [-0.2, -0.15) is 0 Å². The lowest BCUT2D eigenvalue weighted by atomic mass is 10.0. The summed E-state index contributed by atoms with van der Waals surface area (Å²) in [6.07, 6.45) is 2.21. The van der Waals surface area contributed by atoms with E-state index in [9.17, 15) is 9.59 Å². The third-order valence-electron chi connectivity index (χ3n) is 2.50. The third kappa shape index (κ3) is 3.98. The number of pyridine rings is 1. The molecule has 18 heavy (non-hydrogen) atoms. The molecule has 0 aliphatic carbocycles. The maximum Gasteiger partial charge on any atom is 0.329 e. The van der Waals surface area contributed by atoms with Crippen LogP contribution in [-0.4, -0.2) is 17.1 Å². The van der Waals surface area contributed by atoms with Crippen molar-refractivity contribution in [2.24, 2.45) is 5.92 Å². The van der Waals surface area contributed by atoms with Crippen LogP contribution in [-0.2, 0) is 9.53 Å². The van der Waals surface area contributed by atoms with Crippen molar-refractivity contribution in [3.8, 4) is 0 Å². The normalized spacial score (nSPS) is 12.5. The quantitative estimate of drug-likeness (QED) is 0.785. The lowest BCUT2D eigenvalue weighted by molar-refractivity contribution is -0.147. The molecule has 1 atom stereocenters. The van der Waals surface area contributed by atoms with Crippen LogP contribution >= 0.6 is 15.9 Å². The van der Waals surface area contributed by atoms with Crippen LogP contribution < -0.4 is 5.56 Å². The standard InChI is InChI=1S/C13H18BrNO3/c1-4-18-13(17)11(7-9(2)3)15-6-5-10(14)8-12(15)16/h5-6,8-9,11H,4,7H2,1-3H3. The molecule has 0 amide bonds. The topological polar surface area (TPSA) is 48.3 Å². The van der Waals surface area contributed by atoms with E-state index in [1.165, 1.54) is 10.6 Å². The number of carbonyl (C=O) groups excluding carboxylic acids is 1. The van der Waals surface area contributed by atoms with Crippen molar-refractivity contribution in [1.82, 2.24) is 4.57 Å². The molecule has 5 heteroatoms. The summed E-state index contributed by atoms with van der Waals surface area (Å²) in [5.74, 6) is -0.0504. The molecule has 0 N–H and O–H groups in total. The van der Waals surface area contributed by atoms with E-state index in [4.69, 9.17) is 4.74 Å². The van der Waals surface area contributed by atoms with Crippen molar-refractivity contribution >= 4 is 21.9 Å². The van der Waals surface area contributed by atoms with Crippen molar-refractivity contribution in [1.29, 1.82) is 0 Å². The van der Waals surface area contributed by atoms with E-state index in [-0.39, 0.29) is 11.5 Å². The predicted octanol–water partition coefficient (Wildman–Crippen LogP) is 2.76. The van der Waals surface area contributed by atoms with Gasteiger partial charge in [0.15, 0.2) is 0 Å². The maximum atomic E-state index is 11.9. The fourth-order valence-corrected chi connectivity index (χ4v) is 2.05. The molecule has 1 unspecified atom stereocenters. The summed E-state index contributed by atoms with van der Waals surface area (Å²) in [5.41, 5.74) is -0.205. The van der Waals surface area contributed by atoms with E-state index >= 15 is 0 Å². The molecule has 0 saturated heterocycles. The van der Waals surface area contributed by atoms with Crippen LogP contribution in [0, 0.1) is 5.92 Å². The molecule has 0 bridgehead atoms. The average Bonchev–Trinajstić information content (AvgIpc) is 2.26. The van der Waals surface area contributed by atoms with E-state index in [0.29, 0.717) is 23.4 Å². The number of ether oxygens (including phenoxy) is 1. The van der Waals surface area contributed by atoms with E-state index < -0.39 is 6.04 Å². The van der Waals surface area contributed by atoms with Crippen LogP contribution in [0.15, 0.2) is 27.6 Å². The molecule has 0 saturated carbocycles. The zero-order valence-corrected chi connectivity index (χ0v) is 12.4. The summed E-state index contributed by atoms with van der Waals surface area (Å²) in [6, 6.07) is 2.64. The Balaban J connectivity index is 3.09. The minimum Gasteiger partial charge on any atom is -0.464 e. The van der Waals surface area contributed by atoms with Crippen LogP contribution in [0.25, 0.3) is 0 Å². The predicted molar refractivity (Wildman–Crippen MR) is 73.5 cm³/mol. The Morgan fingerprint density at radius 3 is 2.67 bits per heavy atom. The Morgan fingerprint density at radius 2 is 2.17 bits per heavy atom. The van der Waals surface area contributed by atoms with Gasteiger partial charge in [-0.05, 0) is 25.3 Å². The van der Waals surface area contributed by atoms with Crippen LogP contribution in [0.4, 0.5) is 0 Å². The summed E-state index contributed by atoms with van der Waals surface area (Å²) < 4.78 is 7.17. The van der Waals surface area contributed by atoms with Gasteiger partial charge in [0, 0.05) is 16.7 Å². The molecule has 0 fully saturated rings. The zero-order valence-electron chi connectivity index (χ0n) is 10.9. The van der Waals surface area contributed by atoms with Gasteiger partial charge >= 0.3 is 5.97 Å². The smallest absolute Gasteiger partial charge is 0.329 e. The maximum absolute atomic E-state index is 11.9. The minimum absolute atomic E-state index is 0.205. The molecule has 1 aromatic rings. The van der Waals surface area contributed by atoms with E-state index in [1.807, 2.05) is 13.8 Å².